The van der Waals surface area contributed by atoms with E-state index in [9.17, 15) is 4.79 Å². The number of carbonyl (C=O) groups is 1. The van der Waals surface area contributed by atoms with Crippen LogP contribution in [0.2, 0.25) is 0 Å². The largest absolute Gasteiger partial charge is 0.480 e. The predicted molar refractivity (Wildman–Crippen MR) is 65.0 cm³/mol. The monoisotopic (exact) mass is 318 g/mol. The van der Waals surface area contributed by atoms with E-state index in [2.05, 4.69) is 27.6 Å². The zero-order valence-corrected chi connectivity index (χ0v) is 10.2. The minimum absolute atomic E-state index is 0.409. The van der Waals surface area contributed by atoms with Gasteiger partial charge in [-0.05, 0) is 47.6 Å². The van der Waals surface area contributed by atoms with Gasteiger partial charge in [0.1, 0.15) is 11.9 Å². The van der Waals surface area contributed by atoms with Gasteiger partial charge in [0.25, 0.3) is 0 Å². The average molecular weight is 318 g/mol. The van der Waals surface area contributed by atoms with E-state index in [1.54, 1.807) is 6.20 Å². The molecule has 1 aromatic heterocycles. The fourth-order valence-electron chi connectivity index (χ4n) is 1.87. The number of carboxylic acids is 1. The van der Waals surface area contributed by atoms with E-state index in [-0.39, 0.29) is 0 Å². The van der Waals surface area contributed by atoms with Crippen molar-refractivity contribution >= 4 is 34.4 Å². The van der Waals surface area contributed by atoms with Crippen molar-refractivity contribution in [1.82, 2.24) is 4.98 Å². The van der Waals surface area contributed by atoms with Crippen molar-refractivity contribution in [3.63, 3.8) is 0 Å². The van der Waals surface area contributed by atoms with Crippen LogP contribution in [-0.4, -0.2) is 28.6 Å². The third-order valence-corrected chi connectivity index (χ3v) is 3.39. The smallest absolute Gasteiger partial charge is 0.326 e. The fourth-order valence-corrected chi connectivity index (χ4v) is 2.52. The molecule has 0 aliphatic carbocycles. The Morgan fingerprint density at radius 2 is 2.47 bits per heavy atom. The molecule has 1 fully saturated rings. The van der Waals surface area contributed by atoms with Gasteiger partial charge in [-0.15, -0.1) is 0 Å². The van der Waals surface area contributed by atoms with Crippen LogP contribution in [0.5, 0.6) is 0 Å². The molecule has 5 heteroatoms. The molecule has 0 amide bonds. The summed E-state index contributed by atoms with van der Waals surface area (Å²) in [7, 11) is 0. The van der Waals surface area contributed by atoms with Crippen molar-refractivity contribution < 1.29 is 9.90 Å². The number of nitrogens with zero attached hydrogens (tertiary/aromatic N) is 2. The maximum atomic E-state index is 11.0. The summed E-state index contributed by atoms with van der Waals surface area (Å²) in [5.74, 6) is 0.0388. The van der Waals surface area contributed by atoms with E-state index in [4.69, 9.17) is 5.11 Å². The molecule has 0 spiro atoms. The van der Waals surface area contributed by atoms with Crippen LogP contribution in [0, 0.1) is 3.57 Å². The van der Waals surface area contributed by atoms with Crippen LogP contribution in [0.3, 0.4) is 0 Å². The molecular weight excluding hydrogens is 307 g/mol. The van der Waals surface area contributed by atoms with E-state index in [0.717, 1.165) is 22.4 Å². The highest BCUT2D eigenvalue weighted by molar-refractivity contribution is 14.1. The van der Waals surface area contributed by atoms with Crippen LogP contribution >= 0.6 is 22.6 Å². The minimum Gasteiger partial charge on any atom is -0.480 e. The highest BCUT2D eigenvalue weighted by Gasteiger charge is 2.32. The summed E-state index contributed by atoms with van der Waals surface area (Å²) in [6, 6.07) is 3.39. The number of aliphatic carboxylic acids is 1. The van der Waals surface area contributed by atoms with Crippen molar-refractivity contribution in [2.24, 2.45) is 0 Å². The highest BCUT2D eigenvalue weighted by Crippen LogP contribution is 2.27. The van der Waals surface area contributed by atoms with Crippen molar-refractivity contribution in [2.75, 3.05) is 11.4 Å². The topological polar surface area (TPSA) is 53.4 Å². The lowest BCUT2D eigenvalue weighted by atomic mass is 10.2. The van der Waals surface area contributed by atoms with E-state index < -0.39 is 12.0 Å². The molecule has 1 N–H and O–H groups in total. The molecule has 4 nitrogen and oxygen atoms in total. The van der Waals surface area contributed by atoms with Crippen LogP contribution in [-0.2, 0) is 4.79 Å². The Labute approximate surface area is 101 Å². The molecular formula is C10H11IN2O2. The second-order valence-electron chi connectivity index (χ2n) is 3.50. The fraction of sp³-hybridized carbons (Fsp3) is 0.400. The lowest BCUT2D eigenvalue weighted by molar-refractivity contribution is -0.138. The van der Waals surface area contributed by atoms with Crippen LogP contribution in [0.25, 0.3) is 0 Å². The third-order valence-electron chi connectivity index (χ3n) is 2.55. The maximum absolute atomic E-state index is 11.0. The number of halogens is 1. The summed E-state index contributed by atoms with van der Waals surface area (Å²) in [6.45, 7) is 0.782. The second-order valence-corrected chi connectivity index (χ2v) is 4.66. The van der Waals surface area contributed by atoms with Gasteiger partial charge in [-0.1, -0.05) is 0 Å². The number of anilines is 1. The first-order chi connectivity index (χ1) is 7.20. The molecule has 0 bridgehead atoms. The molecule has 1 aliphatic heterocycles. The quantitative estimate of drug-likeness (QED) is 0.844. The van der Waals surface area contributed by atoms with Crippen molar-refractivity contribution in [1.29, 1.82) is 0 Å². The van der Waals surface area contributed by atoms with E-state index in [0.29, 0.717) is 6.42 Å². The molecule has 0 aromatic carbocycles. The first-order valence-corrected chi connectivity index (χ1v) is 5.88. The first kappa shape index (κ1) is 10.7. The van der Waals surface area contributed by atoms with Gasteiger partial charge in [-0.3, -0.25) is 0 Å². The first-order valence-electron chi connectivity index (χ1n) is 4.80. The minimum atomic E-state index is -0.756. The van der Waals surface area contributed by atoms with Gasteiger partial charge >= 0.3 is 5.97 Å². The summed E-state index contributed by atoms with van der Waals surface area (Å²) in [5.41, 5.74) is 0. The Morgan fingerprint density at radius 3 is 3.13 bits per heavy atom. The Morgan fingerprint density at radius 1 is 1.67 bits per heavy atom. The van der Waals surface area contributed by atoms with Gasteiger partial charge in [-0.2, -0.15) is 0 Å². The van der Waals surface area contributed by atoms with Crippen LogP contribution < -0.4 is 4.90 Å². The van der Waals surface area contributed by atoms with Crippen molar-refractivity contribution in [2.45, 2.75) is 18.9 Å². The summed E-state index contributed by atoms with van der Waals surface area (Å²) in [5, 5.41) is 9.06. The summed E-state index contributed by atoms with van der Waals surface area (Å²) < 4.78 is 1.00. The predicted octanol–water partition coefficient (Wildman–Crippen LogP) is 1.74. The van der Waals surface area contributed by atoms with Gasteiger partial charge < -0.3 is 10.0 Å². The van der Waals surface area contributed by atoms with Gasteiger partial charge in [0.05, 0.1) is 3.57 Å². The number of hydrogen-bond donors (Lipinski definition) is 1. The number of aromatic nitrogens is 1. The SMILES string of the molecule is O=C(O)[C@H]1CCCN1c1ncccc1I. The van der Waals surface area contributed by atoms with Gasteiger partial charge in [0, 0.05) is 12.7 Å². The van der Waals surface area contributed by atoms with E-state index in [1.807, 2.05) is 17.0 Å². The molecule has 0 radical (unpaired) electrons. The lowest BCUT2D eigenvalue weighted by Crippen LogP contribution is -2.36. The van der Waals surface area contributed by atoms with Crippen LogP contribution in [0.1, 0.15) is 12.8 Å². The Balaban J connectivity index is 2.30. The Bertz CT molecular complexity index is 383. The van der Waals surface area contributed by atoms with Crippen molar-refractivity contribution in [3.05, 3.63) is 21.9 Å². The molecule has 1 saturated heterocycles. The highest BCUT2D eigenvalue weighted by atomic mass is 127. The zero-order chi connectivity index (χ0) is 10.8. The standard InChI is InChI=1S/C10H11IN2O2/c11-7-3-1-5-12-9(7)13-6-2-4-8(13)10(14)15/h1,3,5,8H,2,4,6H2,(H,14,15)/t8-/m1/s1. The molecule has 0 unspecified atom stereocenters. The van der Waals surface area contributed by atoms with E-state index >= 15 is 0 Å². The second kappa shape index (κ2) is 4.34. The number of hydrogen-bond acceptors (Lipinski definition) is 3. The van der Waals surface area contributed by atoms with Crippen molar-refractivity contribution in [3.8, 4) is 0 Å². The van der Waals surface area contributed by atoms with E-state index in [1.165, 1.54) is 0 Å². The maximum Gasteiger partial charge on any atom is 0.326 e. The van der Waals surface area contributed by atoms with Crippen LogP contribution in [0.4, 0.5) is 5.82 Å². The lowest BCUT2D eigenvalue weighted by Gasteiger charge is -2.23. The molecule has 1 atom stereocenters. The van der Waals surface area contributed by atoms with Gasteiger partial charge in [0.15, 0.2) is 0 Å². The number of pyridine rings is 1. The van der Waals surface area contributed by atoms with Gasteiger partial charge in [-0.25, -0.2) is 9.78 Å². The number of carboxylic acid groups (broad SMARTS) is 1. The Kier molecular flexibility index (Phi) is 3.08. The molecule has 2 heterocycles. The number of rotatable bonds is 2. The molecule has 1 aliphatic rings. The van der Waals surface area contributed by atoms with Gasteiger partial charge in [0.2, 0.25) is 0 Å². The summed E-state index contributed by atoms with van der Waals surface area (Å²) in [6.07, 6.45) is 3.33. The summed E-state index contributed by atoms with van der Waals surface area (Å²) in [4.78, 5) is 17.2. The molecule has 2 rings (SSSR count). The van der Waals surface area contributed by atoms with Crippen LogP contribution in [0.15, 0.2) is 18.3 Å². The normalized spacial score (nSPS) is 20.6. The molecule has 80 valence electrons. The zero-order valence-electron chi connectivity index (χ0n) is 8.06. The Hall–Kier alpha value is -0.850. The third kappa shape index (κ3) is 2.06. The molecule has 0 saturated carbocycles. The summed E-state index contributed by atoms with van der Waals surface area (Å²) >= 11 is 2.19. The molecule has 1 aromatic rings. The molecule has 15 heavy (non-hydrogen) atoms. The average Bonchev–Trinajstić information content (AvgIpc) is 2.67.